The first-order valence-electron chi connectivity index (χ1n) is 7.19. The molecule has 0 radical (unpaired) electrons. The Morgan fingerprint density at radius 3 is 2.59 bits per heavy atom. The summed E-state index contributed by atoms with van der Waals surface area (Å²) >= 11 is 0. The minimum absolute atomic E-state index is 0.123. The van der Waals surface area contributed by atoms with Gasteiger partial charge in [0.1, 0.15) is 6.61 Å². The van der Waals surface area contributed by atoms with E-state index in [4.69, 9.17) is 9.88 Å². The molecule has 122 valence electrons. The van der Waals surface area contributed by atoms with Gasteiger partial charge in [-0.1, -0.05) is 30.3 Å². The fraction of sp³-hybridized carbons (Fsp3) is 0.533. The molecular formula is C15H22N2O4S. The predicted molar refractivity (Wildman–Crippen MR) is 83.5 cm³/mol. The van der Waals surface area contributed by atoms with Crippen molar-refractivity contribution in [1.82, 2.24) is 4.90 Å². The normalized spacial score (nSPS) is 20.9. The number of amides is 1. The molecule has 1 aromatic rings. The van der Waals surface area contributed by atoms with Crippen molar-refractivity contribution in [3.8, 4) is 0 Å². The third-order valence-electron chi connectivity index (χ3n) is 4.25. The van der Waals surface area contributed by atoms with Crippen LogP contribution in [-0.2, 0) is 21.4 Å². The van der Waals surface area contributed by atoms with Crippen molar-refractivity contribution in [2.24, 2.45) is 11.1 Å². The summed E-state index contributed by atoms with van der Waals surface area (Å²) in [5.41, 5.74) is 0.314. The van der Waals surface area contributed by atoms with Gasteiger partial charge in [-0.2, -0.15) is 0 Å². The van der Waals surface area contributed by atoms with E-state index in [2.05, 4.69) is 0 Å². The van der Waals surface area contributed by atoms with Crippen LogP contribution in [0.5, 0.6) is 0 Å². The number of carbonyl (C=O) groups excluding carboxylic acids is 1. The average molecular weight is 326 g/mol. The number of hydrogen-bond acceptors (Lipinski definition) is 4. The maximum Gasteiger partial charge on any atom is 0.410 e. The summed E-state index contributed by atoms with van der Waals surface area (Å²) in [6.07, 6.45) is 0.176. The zero-order valence-electron chi connectivity index (χ0n) is 12.9. The first-order chi connectivity index (χ1) is 10.2. The highest BCUT2D eigenvalue weighted by Crippen LogP contribution is 2.35. The van der Waals surface area contributed by atoms with Crippen molar-refractivity contribution in [2.45, 2.75) is 32.4 Å². The average Bonchev–Trinajstić information content (AvgIpc) is 2.71. The lowest BCUT2D eigenvalue weighted by Crippen LogP contribution is -2.48. The molecule has 1 atom stereocenters. The molecule has 1 saturated heterocycles. The maximum absolute atomic E-state index is 12.3. The molecule has 2 rings (SSSR count). The van der Waals surface area contributed by atoms with Crippen molar-refractivity contribution in [3.63, 3.8) is 0 Å². The topological polar surface area (TPSA) is 89.7 Å². The molecule has 0 bridgehead atoms. The van der Waals surface area contributed by atoms with Gasteiger partial charge in [-0.15, -0.1) is 0 Å². The SMILES string of the molecule is CC1(C)C(CS(N)(=O)=O)CCN1C(=O)OCc1ccccc1. The highest BCUT2D eigenvalue weighted by atomic mass is 32.2. The number of rotatable bonds is 4. The summed E-state index contributed by atoms with van der Waals surface area (Å²) in [6.45, 7) is 4.37. The molecular weight excluding hydrogens is 304 g/mol. The summed E-state index contributed by atoms with van der Waals surface area (Å²) in [4.78, 5) is 13.9. The molecule has 1 unspecified atom stereocenters. The zero-order chi connectivity index (χ0) is 16.4. The van der Waals surface area contributed by atoms with Crippen LogP contribution in [0.4, 0.5) is 4.79 Å². The Hall–Kier alpha value is -1.60. The third-order valence-corrected chi connectivity index (χ3v) is 5.12. The lowest BCUT2D eigenvalue weighted by molar-refractivity contribution is 0.0680. The number of sulfonamides is 1. The molecule has 1 fully saturated rings. The van der Waals surface area contributed by atoms with Crippen molar-refractivity contribution in [1.29, 1.82) is 0 Å². The Morgan fingerprint density at radius 1 is 1.36 bits per heavy atom. The van der Waals surface area contributed by atoms with Crippen molar-refractivity contribution in [3.05, 3.63) is 35.9 Å². The van der Waals surface area contributed by atoms with Crippen LogP contribution in [-0.4, -0.2) is 37.2 Å². The fourth-order valence-corrected chi connectivity index (χ4v) is 3.97. The summed E-state index contributed by atoms with van der Waals surface area (Å²) in [5.74, 6) is -0.311. The quantitative estimate of drug-likeness (QED) is 0.912. The highest BCUT2D eigenvalue weighted by Gasteiger charge is 2.45. The first kappa shape index (κ1) is 16.8. The van der Waals surface area contributed by atoms with Crippen LogP contribution in [0.1, 0.15) is 25.8 Å². The lowest BCUT2D eigenvalue weighted by atomic mass is 9.90. The lowest BCUT2D eigenvalue weighted by Gasteiger charge is -2.34. The van der Waals surface area contributed by atoms with Crippen LogP contribution >= 0.6 is 0 Å². The summed E-state index contributed by atoms with van der Waals surface area (Å²) < 4.78 is 27.9. The standard InChI is InChI=1S/C15H22N2O4S/c1-15(2)13(11-22(16,19)20)8-9-17(15)14(18)21-10-12-6-4-3-5-7-12/h3-7,13H,8-11H2,1-2H3,(H2,16,19,20). The van der Waals surface area contributed by atoms with E-state index in [0.29, 0.717) is 13.0 Å². The molecule has 1 aromatic carbocycles. The Bertz CT molecular complexity index is 628. The molecule has 7 heteroatoms. The van der Waals surface area contributed by atoms with Gasteiger partial charge in [0.25, 0.3) is 0 Å². The van der Waals surface area contributed by atoms with Crippen molar-refractivity contribution < 1.29 is 17.9 Å². The van der Waals surface area contributed by atoms with E-state index in [1.165, 1.54) is 0 Å². The molecule has 1 heterocycles. The molecule has 1 aliphatic rings. The number of nitrogens with two attached hydrogens (primary N) is 1. The van der Waals surface area contributed by atoms with Gasteiger partial charge >= 0.3 is 6.09 Å². The van der Waals surface area contributed by atoms with Crippen molar-refractivity contribution in [2.75, 3.05) is 12.3 Å². The highest BCUT2D eigenvalue weighted by molar-refractivity contribution is 7.89. The van der Waals surface area contributed by atoms with Gasteiger partial charge in [-0.3, -0.25) is 0 Å². The van der Waals surface area contributed by atoms with Crippen LogP contribution in [0, 0.1) is 5.92 Å². The number of likely N-dealkylation sites (tertiary alicyclic amines) is 1. The molecule has 1 aliphatic heterocycles. The van der Waals surface area contributed by atoms with Crippen molar-refractivity contribution >= 4 is 16.1 Å². The zero-order valence-corrected chi connectivity index (χ0v) is 13.7. The van der Waals surface area contributed by atoms with Crippen LogP contribution in [0.15, 0.2) is 30.3 Å². The smallest absolute Gasteiger partial charge is 0.410 e. The van der Waals surface area contributed by atoms with E-state index >= 15 is 0 Å². The minimum Gasteiger partial charge on any atom is -0.445 e. The van der Waals surface area contributed by atoms with Gasteiger partial charge in [0.05, 0.1) is 5.75 Å². The van der Waals surface area contributed by atoms with E-state index in [1.54, 1.807) is 4.90 Å². The van der Waals surface area contributed by atoms with Gasteiger partial charge in [0, 0.05) is 12.1 Å². The maximum atomic E-state index is 12.3. The number of hydrogen-bond donors (Lipinski definition) is 1. The minimum atomic E-state index is -3.56. The second kappa shape index (κ2) is 6.26. The number of primary sulfonamides is 1. The first-order valence-corrected chi connectivity index (χ1v) is 8.90. The second-order valence-corrected chi connectivity index (χ2v) is 7.82. The largest absolute Gasteiger partial charge is 0.445 e. The summed E-state index contributed by atoms with van der Waals surface area (Å²) in [7, 11) is -3.56. The van der Waals surface area contributed by atoms with Gasteiger partial charge in [-0.25, -0.2) is 18.4 Å². The monoisotopic (exact) mass is 326 g/mol. The Labute approximate surface area is 131 Å². The molecule has 0 aliphatic carbocycles. The second-order valence-electron chi connectivity index (χ2n) is 6.16. The molecule has 1 amide bonds. The Kier molecular flexibility index (Phi) is 4.77. The Morgan fingerprint density at radius 2 is 2.00 bits per heavy atom. The number of benzene rings is 1. The molecule has 6 nitrogen and oxygen atoms in total. The third kappa shape index (κ3) is 3.98. The van der Waals surface area contributed by atoms with E-state index < -0.39 is 21.7 Å². The Balaban J connectivity index is 1.98. The number of ether oxygens (including phenoxy) is 1. The number of carbonyl (C=O) groups is 1. The molecule has 0 spiro atoms. The number of nitrogens with zero attached hydrogens (tertiary/aromatic N) is 1. The van der Waals surface area contributed by atoms with Gasteiger partial charge < -0.3 is 9.64 Å². The predicted octanol–water partition coefficient (Wildman–Crippen LogP) is 1.71. The van der Waals surface area contributed by atoms with Crippen LogP contribution in [0.3, 0.4) is 0 Å². The fourth-order valence-electron chi connectivity index (χ4n) is 2.84. The van der Waals surface area contributed by atoms with Crippen LogP contribution < -0.4 is 5.14 Å². The van der Waals surface area contributed by atoms with Gasteiger partial charge in [-0.05, 0) is 31.7 Å². The van der Waals surface area contributed by atoms with E-state index in [1.807, 2.05) is 44.2 Å². The molecule has 0 aromatic heterocycles. The van der Waals surface area contributed by atoms with Crippen LogP contribution in [0.2, 0.25) is 0 Å². The molecule has 2 N–H and O–H groups in total. The van der Waals surface area contributed by atoms with E-state index in [9.17, 15) is 13.2 Å². The van der Waals surface area contributed by atoms with Gasteiger partial charge in [0.15, 0.2) is 0 Å². The van der Waals surface area contributed by atoms with E-state index in [-0.39, 0.29) is 18.3 Å². The summed E-state index contributed by atoms with van der Waals surface area (Å²) in [5, 5.41) is 5.13. The molecule has 0 saturated carbocycles. The van der Waals surface area contributed by atoms with E-state index in [0.717, 1.165) is 5.56 Å². The summed E-state index contributed by atoms with van der Waals surface area (Å²) in [6, 6.07) is 9.42. The van der Waals surface area contributed by atoms with Gasteiger partial charge in [0.2, 0.25) is 10.0 Å². The molecule has 22 heavy (non-hydrogen) atoms. The van der Waals surface area contributed by atoms with Crippen LogP contribution in [0.25, 0.3) is 0 Å².